The number of aromatic nitrogens is 2. The van der Waals surface area contributed by atoms with Gasteiger partial charge in [0.15, 0.2) is 5.75 Å². The third kappa shape index (κ3) is 2.98. The van der Waals surface area contributed by atoms with Gasteiger partial charge in [-0.25, -0.2) is 4.98 Å². The van der Waals surface area contributed by atoms with E-state index in [9.17, 15) is 0 Å². The number of aryl methyl sites for hydroxylation is 1. The number of hydrogen-bond acceptors (Lipinski definition) is 6. The fourth-order valence-electron chi connectivity index (χ4n) is 1.71. The molecule has 0 aromatic carbocycles. The SMILES string of the molecule is COc1c(NCCCn2ccnc2)sc(C#N)c1N. The zero-order valence-corrected chi connectivity index (χ0v) is 11.4. The monoisotopic (exact) mass is 277 g/mol. The van der Waals surface area contributed by atoms with Crippen molar-refractivity contribution in [3.8, 4) is 11.8 Å². The Hall–Kier alpha value is -2.20. The first-order chi connectivity index (χ1) is 9.26. The Morgan fingerprint density at radius 1 is 1.63 bits per heavy atom. The molecule has 6 nitrogen and oxygen atoms in total. The predicted octanol–water partition coefficient (Wildman–Crippen LogP) is 1.91. The molecule has 19 heavy (non-hydrogen) atoms. The Morgan fingerprint density at radius 2 is 2.47 bits per heavy atom. The summed E-state index contributed by atoms with van der Waals surface area (Å²) in [5.41, 5.74) is 6.23. The van der Waals surface area contributed by atoms with Gasteiger partial charge < -0.3 is 20.4 Å². The number of nitriles is 1. The van der Waals surface area contributed by atoms with E-state index in [1.54, 1.807) is 19.6 Å². The van der Waals surface area contributed by atoms with Crippen molar-refractivity contribution in [3.63, 3.8) is 0 Å². The van der Waals surface area contributed by atoms with Crippen LogP contribution in [0.4, 0.5) is 10.7 Å². The molecule has 0 radical (unpaired) electrons. The lowest BCUT2D eigenvalue weighted by Gasteiger charge is -2.07. The molecule has 0 fully saturated rings. The average molecular weight is 277 g/mol. The van der Waals surface area contributed by atoms with Gasteiger partial charge in [-0.1, -0.05) is 0 Å². The molecular weight excluding hydrogens is 262 g/mol. The second-order valence-electron chi connectivity index (χ2n) is 3.90. The maximum atomic E-state index is 8.94. The zero-order valence-electron chi connectivity index (χ0n) is 10.6. The molecule has 2 aromatic rings. The van der Waals surface area contributed by atoms with E-state index in [0.717, 1.165) is 24.5 Å². The summed E-state index contributed by atoms with van der Waals surface area (Å²) in [4.78, 5) is 4.47. The van der Waals surface area contributed by atoms with Crippen molar-refractivity contribution in [2.24, 2.45) is 0 Å². The topological polar surface area (TPSA) is 88.9 Å². The summed E-state index contributed by atoms with van der Waals surface area (Å²) in [5, 5.41) is 13.0. The number of nitrogen functional groups attached to an aromatic ring is 1. The van der Waals surface area contributed by atoms with Crippen LogP contribution in [-0.4, -0.2) is 23.2 Å². The number of ether oxygens (including phenoxy) is 1. The van der Waals surface area contributed by atoms with Crippen LogP contribution in [0.3, 0.4) is 0 Å². The normalized spacial score (nSPS) is 10.1. The molecular formula is C12H15N5OS. The van der Waals surface area contributed by atoms with Gasteiger partial charge in [-0.15, -0.1) is 11.3 Å². The molecule has 0 amide bonds. The molecule has 0 unspecified atom stereocenters. The van der Waals surface area contributed by atoms with Crippen LogP contribution in [-0.2, 0) is 6.54 Å². The minimum absolute atomic E-state index is 0.409. The number of rotatable bonds is 6. The fraction of sp³-hybridized carbons (Fsp3) is 0.333. The van der Waals surface area contributed by atoms with Gasteiger partial charge in [-0.3, -0.25) is 0 Å². The molecule has 7 heteroatoms. The minimum Gasteiger partial charge on any atom is -0.492 e. The van der Waals surface area contributed by atoms with Crippen LogP contribution in [0.1, 0.15) is 11.3 Å². The third-order valence-corrected chi connectivity index (χ3v) is 3.69. The second kappa shape index (κ2) is 6.11. The first-order valence-electron chi connectivity index (χ1n) is 5.82. The van der Waals surface area contributed by atoms with E-state index >= 15 is 0 Å². The molecule has 3 N–H and O–H groups in total. The average Bonchev–Trinajstić information content (AvgIpc) is 3.02. The van der Waals surface area contributed by atoms with Gasteiger partial charge in [-0.2, -0.15) is 5.26 Å². The van der Waals surface area contributed by atoms with Crippen LogP contribution in [0.15, 0.2) is 18.7 Å². The largest absolute Gasteiger partial charge is 0.492 e. The van der Waals surface area contributed by atoms with Gasteiger partial charge in [0.05, 0.1) is 13.4 Å². The van der Waals surface area contributed by atoms with E-state index in [-0.39, 0.29) is 0 Å². The first kappa shape index (κ1) is 13.2. The van der Waals surface area contributed by atoms with Gasteiger partial charge in [0.1, 0.15) is 21.6 Å². The van der Waals surface area contributed by atoms with Gasteiger partial charge in [0, 0.05) is 25.5 Å². The Morgan fingerprint density at radius 3 is 3.11 bits per heavy atom. The highest BCUT2D eigenvalue weighted by Gasteiger charge is 2.15. The quantitative estimate of drug-likeness (QED) is 0.787. The molecule has 100 valence electrons. The third-order valence-electron chi connectivity index (χ3n) is 2.64. The Bertz CT molecular complexity index is 570. The van der Waals surface area contributed by atoms with Crippen molar-refractivity contribution < 1.29 is 4.74 Å². The second-order valence-corrected chi connectivity index (χ2v) is 4.92. The number of anilines is 2. The zero-order chi connectivity index (χ0) is 13.7. The molecule has 2 aromatic heterocycles. The Kier molecular flexibility index (Phi) is 4.26. The maximum absolute atomic E-state index is 8.94. The highest BCUT2D eigenvalue weighted by Crippen LogP contribution is 2.41. The van der Waals surface area contributed by atoms with Crippen molar-refractivity contribution in [2.75, 3.05) is 24.7 Å². The molecule has 2 heterocycles. The van der Waals surface area contributed by atoms with E-state index in [1.807, 2.05) is 10.8 Å². The highest BCUT2D eigenvalue weighted by atomic mass is 32.1. The number of methoxy groups -OCH3 is 1. The van der Waals surface area contributed by atoms with Crippen LogP contribution in [0, 0.1) is 11.3 Å². The van der Waals surface area contributed by atoms with Crippen molar-refractivity contribution in [1.29, 1.82) is 5.26 Å². The van der Waals surface area contributed by atoms with Crippen molar-refractivity contribution in [1.82, 2.24) is 9.55 Å². The van der Waals surface area contributed by atoms with E-state index in [2.05, 4.69) is 16.4 Å². The number of nitrogens with zero attached hydrogens (tertiary/aromatic N) is 3. The Labute approximate surface area is 115 Å². The van der Waals surface area contributed by atoms with Crippen molar-refractivity contribution in [2.45, 2.75) is 13.0 Å². The molecule has 0 aliphatic rings. The Balaban J connectivity index is 1.91. The minimum atomic E-state index is 0.409. The summed E-state index contributed by atoms with van der Waals surface area (Å²) in [5.74, 6) is 0.559. The summed E-state index contributed by atoms with van der Waals surface area (Å²) in [6.45, 7) is 1.67. The molecule has 0 atom stereocenters. The van der Waals surface area contributed by atoms with Gasteiger partial charge >= 0.3 is 0 Å². The molecule has 0 bridgehead atoms. The smallest absolute Gasteiger partial charge is 0.177 e. The summed E-state index contributed by atoms with van der Waals surface area (Å²) in [6, 6.07) is 2.06. The predicted molar refractivity (Wildman–Crippen MR) is 75.3 cm³/mol. The number of imidazole rings is 1. The van der Waals surface area contributed by atoms with Crippen molar-refractivity contribution >= 4 is 22.0 Å². The first-order valence-corrected chi connectivity index (χ1v) is 6.64. The molecule has 0 spiro atoms. The lowest BCUT2D eigenvalue weighted by Crippen LogP contribution is -2.05. The van der Waals surface area contributed by atoms with Crippen LogP contribution in [0.2, 0.25) is 0 Å². The molecule has 2 rings (SSSR count). The fourth-order valence-corrected chi connectivity index (χ4v) is 2.63. The highest BCUT2D eigenvalue weighted by molar-refractivity contribution is 7.17. The number of nitrogens with one attached hydrogen (secondary N) is 1. The van der Waals surface area contributed by atoms with Gasteiger partial charge in [0.2, 0.25) is 0 Å². The lowest BCUT2D eigenvalue weighted by molar-refractivity contribution is 0.420. The van der Waals surface area contributed by atoms with E-state index in [1.165, 1.54) is 11.3 Å². The van der Waals surface area contributed by atoms with Gasteiger partial charge in [-0.05, 0) is 6.42 Å². The maximum Gasteiger partial charge on any atom is 0.177 e. The van der Waals surface area contributed by atoms with Crippen LogP contribution >= 0.6 is 11.3 Å². The lowest BCUT2D eigenvalue weighted by atomic mass is 10.3. The van der Waals surface area contributed by atoms with Crippen LogP contribution in [0.25, 0.3) is 0 Å². The summed E-state index contributed by atoms with van der Waals surface area (Å²) in [6.07, 6.45) is 6.42. The van der Waals surface area contributed by atoms with Crippen LogP contribution < -0.4 is 15.8 Å². The van der Waals surface area contributed by atoms with E-state index in [4.69, 9.17) is 15.7 Å². The number of hydrogen-bond donors (Lipinski definition) is 2. The van der Waals surface area contributed by atoms with E-state index < -0.39 is 0 Å². The summed E-state index contributed by atoms with van der Waals surface area (Å²) < 4.78 is 7.23. The molecule has 0 saturated heterocycles. The van der Waals surface area contributed by atoms with Crippen molar-refractivity contribution in [3.05, 3.63) is 23.6 Å². The molecule has 0 aliphatic heterocycles. The number of thiophene rings is 1. The number of nitrogens with two attached hydrogens (primary N) is 1. The molecule has 0 saturated carbocycles. The standard InChI is InChI=1S/C12H15N5OS/c1-18-11-10(14)9(7-13)19-12(11)16-3-2-5-17-6-4-15-8-17/h4,6,8,16H,2-3,5,14H2,1H3. The summed E-state index contributed by atoms with van der Waals surface area (Å²) in [7, 11) is 1.55. The summed E-state index contributed by atoms with van der Waals surface area (Å²) >= 11 is 1.32. The van der Waals surface area contributed by atoms with E-state index in [0.29, 0.717) is 16.3 Å². The molecule has 0 aliphatic carbocycles. The van der Waals surface area contributed by atoms with Gasteiger partial charge in [0.25, 0.3) is 0 Å². The van der Waals surface area contributed by atoms with Crippen LogP contribution in [0.5, 0.6) is 5.75 Å².